The zero-order valence-electron chi connectivity index (χ0n) is 16.6. The van der Waals surface area contributed by atoms with Gasteiger partial charge in [-0.1, -0.05) is 30.3 Å². The molecule has 0 unspecified atom stereocenters. The van der Waals surface area contributed by atoms with Crippen molar-refractivity contribution in [3.63, 3.8) is 0 Å². The van der Waals surface area contributed by atoms with E-state index < -0.39 is 17.6 Å². The molecule has 0 spiro atoms. The minimum atomic E-state index is -0.424. The van der Waals surface area contributed by atoms with Crippen LogP contribution in [0.4, 0.5) is 16.0 Å². The summed E-state index contributed by atoms with van der Waals surface area (Å²) in [5.74, 6) is -1.02. The van der Waals surface area contributed by atoms with Crippen molar-refractivity contribution in [3.8, 4) is 0 Å². The maximum Gasteiger partial charge on any atom is 0.276 e. The Balaban J connectivity index is 1.40. The van der Waals surface area contributed by atoms with Gasteiger partial charge in [0.1, 0.15) is 17.0 Å². The number of benzene rings is 3. The lowest BCUT2D eigenvalue weighted by Crippen LogP contribution is -2.14. The van der Waals surface area contributed by atoms with E-state index in [0.29, 0.717) is 22.3 Å². The third kappa shape index (κ3) is 3.77. The second-order valence-electron chi connectivity index (χ2n) is 7.12. The monoisotopic (exact) mass is 425 g/mol. The molecule has 156 valence electrons. The first kappa shape index (κ1) is 19.4. The number of hydrogen-bond acceptors (Lipinski definition) is 4. The SMILES string of the molecule is O=C(Nc1nc2c(C(=O)Nc3ccc(F)cc3)cccc2[nH]1)c1cc2ccccc2cn1. The molecule has 5 aromatic rings. The van der Waals surface area contributed by atoms with Gasteiger partial charge in [0.2, 0.25) is 5.95 Å². The summed E-state index contributed by atoms with van der Waals surface area (Å²) in [5.41, 5.74) is 2.00. The molecule has 2 amide bonds. The number of rotatable bonds is 4. The second-order valence-corrected chi connectivity index (χ2v) is 7.12. The molecule has 0 saturated carbocycles. The number of amides is 2. The van der Waals surface area contributed by atoms with Crippen LogP contribution in [0.5, 0.6) is 0 Å². The van der Waals surface area contributed by atoms with Crippen molar-refractivity contribution in [1.29, 1.82) is 0 Å². The van der Waals surface area contributed by atoms with E-state index in [2.05, 4.69) is 25.6 Å². The number of para-hydroxylation sites is 1. The Morgan fingerprint density at radius 2 is 1.62 bits per heavy atom. The van der Waals surface area contributed by atoms with E-state index in [1.54, 1.807) is 30.5 Å². The van der Waals surface area contributed by atoms with Crippen LogP contribution in [0, 0.1) is 5.82 Å². The van der Waals surface area contributed by atoms with E-state index in [-0.39, 0.29) is 11.6 Å². The molecule has 32 heavy (non-hydrogen) atoms. The number of nitrogens with zero attached hydrogens (tertiary/aromatic N) is 2. The van der Waals surface area contributed by atoms with Gasteiger partial charge in [-0.25, -0.2) is 9.37 Å². The Hall–Kier alpha value is -4.59. The van der Waals surface area contributed by atoms with E-state index in [1.165, 1.54) is 24.3 Å². The van der Waals surface area contributed by atoms with Gasteiger partial charge in [0, 0.05) is 17.3 Å². The van der Waals surface area contributed by atoms with Gasteiger partial charge in [0.15, 0.2) is 0 Å². The van der Waals surface area contributed by atoms with Gasteiger partial charge < -0.3 is 10.3 Å². The van der Waals surface area contributed by atoms with Crippen molar-refractivity contribution in [2.24, 2.45) is 0 Å². The normalized spacial score (nSPS) is 10.9. The van der Waals surface area contributed by atoms with Crippen molar-refractivity contribution in [2.75, 3.05) is 10.6 Å². The standard InChI is InChI=1S/C24H16FN5O2/c25-16-8-10-17(11-9-16)27-22(31)18-6-3-7-19-21(18)29-24(28-19)30-23(32)20-12-14-4-1-2-5-15(14)13-26-20/h1-13H,(H,27,31)(H2,28,29,30,32). The first-order chi connectivity index (χ1) is 15.6. The molecule has 2 aromatic heterocycles. The number of imidazole rings is 1. The van der Waals surface area contributed by atoms with Crippen molar-refractivity contribution >= 4 is 45.3 Å². The molecule has 5 rings (SSSR count). The van der Waals surface area contributed by atoms with Crippen LogP contribution in [0.2, 0.25) is 0 Å². The molecule has 0 radical (unpaired) electrons. The Kier molecular flexibility index (Phi) is 4.79. The number of carbonyl (C=O) groups is 2. The molecule has 0 atom stereocenters. The van der Waals surface area contributed by atoms with Crippen LogP contribution in [0.15, 0.2) is 79.0 Å². The van der Waals surface area contributed by atoms with Crippen LogP contribution < -0.4 is 10.6 Å². The summed E-state index contributed by atoms with van der Waals surface area (Å²) < 4.78 is 13.1. The van der Waals surface area contributed by atoms with Crippen LogP contribution in [-0.2, 0) is 0 Å². The molecule has 7 nitrogen and oxygen atoms in total. The third-order valence-corrected chi connectivity index (χ3v) is 4.95. The molecule has 3 aromatic carbocycles. The summed E-state index contributed by atoms with van der Waals surface area (Å²) in [6.07, 6.45) is 1.64. The third-order valence-electron chi connectivity index (χ3n) is 4.95. The number of hydrogen-bond donors (Lipinski definition) is 3. The van der Waals surface area contributed by atoms with Crippen LogP contribution in [0.3, 0.4) is 0 Å². The fourth-order valence-electron chi connectivity index (χ4n) is 3.39. The van der Waals surface area contributed by atoms with Gasteiger partial charge in [-0.05, 0) is 47.9 Å². The summed E-state index contributed by atoms with van der Waals surface area (Å²) in [4.78, 5) is 37.0. The fourth-order valence-corrected chi connectivity index (χ4v) is 3.39. The molecular formula is C24H16FN5O2. The molecule has 0 saturated heterocycles. The minimum absolute atomic E-state index is 0.196. The highest BCUT2D eigenvalue weighted by atomic mass is 19.1. The van der Waals surface area contributed by atoms with E-state index in [0.717, 1.165) is 10.8 Å². The number of carbonyl (C=O) groups excluding carboxylic acids is 2. The summed E-state index contributed by atoms with van der Waals surface area (Å²) in [6.45, 7) is 0. The lowest BCUT2D eigenvalue weighted by Gasteiger charge is -2.05. The van der Waals surface area contributed by atoms with Crippen LogP contribution in [-0.4, -0.2) is 26.8 Å². The van der Waals surface area contributed by atoms with Gasteiger partial charge in [-0.15, -0.1) is 0 Å². The summed E-state index contributed by atoms with van der Waals surface area (Å²) >= 11 is 0. The number of aromatic amines is 1. The van der Waals surface area contributed by atoms with E-state index in [4.69, 9.17) is 0 Å². The van der Waals surface area contributed by atoms with Crippen LogP contribution in [0.1, 0.15) is 20.8 Å². The molecule has 0 aliphatic carbocycles. The Labute approximate surface area is 181 Å². The van der Waals surface area contributed by atoms with Gasteiger partial charge >= 0.3 is 0 Å². The molecule has 8 heteroatoms. The Bertz CT molecular complexity index is 1480. The zero-order chi connectivity index (χ0) is 22.1. The van der Waals surface area contributed by atoms with E-state index in [9.17, 15) is 14.0 Å². The average Bonchev–Trinajstić information content (AvgIpc) is 3.22. The Morgan fingerprint density at radius 1 is 0.844 bits per heavy atom. The first-order valence-corrected chi connectivity index (χ1v) is 9.79. The van der Waals surface area contributed by atoms with Crippen molar-refractivity contribution in [3.05, 3.63) is 96.1 Å². The number of nitrogens with one attached hydrogen (secondary N) is 3. The highest BCUT2D eigenvalue weighted by Crippen LogP contribution is 2.21. The number of H-pyrrole nitrogens is 1. The second kappa shape index (κ2) is 7.92. The average molecular weight is 425 g/mol. The largest absolute Gasteiger partial charge is 0.324 e. The summed E-state index contributed by atoms with van der Waals surface area (Å²) in [7, 11) is 0. The summed E-state index contributed by atoms with van der Waals surface area (Å²) in [5, 5.41) is 7.24. The molecule has 3 N–H and O–H groups in total. The van der Waals surface area contributed by atoms with Crippen LogP contribution in [0.25, 0.3) is 21.8 Å². The maximum atomic E-state index is 13.1. The van der Waals surface area contributed by atoms with Gasteiger partial charge in [-0.2, -0.15) is 0 Å². The number of anilines is 2. The quantitative estimate of drug-likeness (QED) is 0.387. The highest BCUT2D eigenvalue weighted by molar-refractivity contribution is 6.12. The number of halogens is 1. The molecule has 0 fully saturated rings. The highest BCUT2D eigenvalue weighted by Gasteiger charge is 2.16. The predicted octanol–water partition coefficient (Wildman–Crippen LogP) is 4.75. The van der Waals surface area contributed by atoms with Crippen molar-refractivity contribution in [2.45, 2.75) is 0 Å². The van der Waals surface area contributed by atoms with Crippen molar-refractivity contribution < 1.29 is 14.0 Å². The number of aromatic nitrogens is 3. The topological polar surface area (TPSA) is 99.8 Å². The minimum Gasteiger partial charge on any atom is -0.324 e. The summed E-state index contributed by atoms with van der Waals surface area (Å²) in [6, 6.07) is 19.9. The van der Waals surface area contributed by atoms with Gasteiger partial charge in [-0.3, -0.25) is 19.9 Å². The maximum absolute atomic E-state index is 13.1. The van der Waals surface area contributed by atoms with Gasteiger partial charge in [0.25, 0.3) is 11.8 Å². The van der Waals surface area contributed by atoms with E-state index in [1.807, 2.05) is 24.3 Å². The van der Waals surface area contributed by atoms with Crippen LogP contribution >= 0.6 is 0 Å². The molecule has 0 bridgehead atoms. The predicted molar refractivity (Wildman–Crippen MR) is 120 cm³/mol. The van der Waals surface area contributed by atoms with Crippen molar-refractivity contribution in [1.82, 2.24) is 15.0 Å². The first-order valence-electron chi connectivity index (χ1n) is 9.79. The van der Waals surface area contributed by atoms with E-state index >= 15 is 0 Å². The number of fused-ring (bicyclic) bond motifs is 2. The lowest BCUT2D eigenvalue weighted by molar-refractivity contribution is 0.101. The molecular weight excluding hydrogens is 409 g/mol. The zero-order valence-corrected chi connectivity index (χ0v) is 16.6. The smallest absolute Gasteiger partial charge is 0.276 e. The lowest BCUT2D eigenvalue weighted by atomic mass is 10.1. The number of pyridine rings is 1. The van der Waals surface area contributed by atoms with Gasteiger partial charge in [0.05, 0.1) is 11.1 Å². The molecule has 2 heterocycles. The fraction of sp³-hybridized carbons (Fsp3) is 0. The molecule has 0 aliphatic rings. The Morgan fingerprint density at radius 3 is 2.44 bits per heavy atom. The molecule has 0 aliphatic heterocycles.